The number of pyridine rings is 1. The van der Waals surface area contributed by atoms with E-state index in [2.05, 4.69) is 10.3 Å². The standard InChI is InChI=1S/C10H17N3O2/c1-3-15-7-6-12-10-8(11)4-5-9(13-10)14-2/h4-5H,3,6-7,11H2,1-2H3,(H,12,13). The van der Waals surface area contributed by atoms with Crippen molar-refractivity contribution in [3.63, 3.8) is 0 Å². The summed E-state index contributed by atoms with van der Waals surface area (Å²) in [5.41, 5.74) is 6.34. The summed E-state index contributed by atoms with van der Waals surface area (Å²) in [4.78, 5) is 4.17. The van der Waals surface area contributed by atoms with E-state index in [1.54, 1.807) is 19.2 Å². The molecule has 0 radical (unpaired) electrons. The third-order valence-corrected chi connectivity index (χ3v) is 1.85. The Morgan fingerprint density at radius 1 is 1.47 bits per heavy atom. The lowest BCUT2D eigenvalue weighted by molar-refractivity contribution is 0.158. The molecule has 5 nitrogen and oxygen atoms in total. The zero-order chi connectivity index (χ0) is 11.1. The maximum Gasteiger partial charge on any atom is 0.215 e. The monoisotopic (exact) mass is 211 g/mol. The number of nitrogens with two attached hydrogens (primary N) is 1. The van der Waals surface area contributed by atoms with Gasteiger partial charge in [-0.2, -0.15) is 4.98 Å². The minimum atomic E-state index is 0.545. The average Bonchev–Trinajstić information content (AvgIpc) is 2.26. The highest BCUT2D eigenvalue weighted by Crippen LogP contribution is 2.18. The molecule has 84 valence electrons. The van der Waals surface area contributed by atoms with E-state index in [-0.39, 0.29) is 0 Å². The second kappa shape index (κ2) is 6.08. The van der Waals surface area contributed by atoms with E-state index in [1.165, 1.54) is 0 Å². The molecule has 1 aromatic rings. The highest BCUT2D eigenvalue weighted by molar-refractivity contribution is 5.61. The molecule has 15 heavy (non-hydrogen) atoms. The fourth-order valence-electron chi connectivity index (χ4n) is 1.09. The summed E-state index contributed by atoms with van der Waals surface area (Å²) in [6.07, 6.45) is 0. The first kappa shape index (κ1) is 11.6. The number of aromatic nitrogens is 1. The van der Waals surface area contributed by atoms with Crippen molar-refractivity contribution in [2.75, 3.05) is 37.9 Å². The van der Waals surface area contributed by atoms with Gasteiger partial charge in [-0.1, -0.05) is 0 Å². The van der Waals surface area contributed by atoms with E-state index in [0.717, 1.165) is 0 Å². The van der Waals surface area contributed by atoms with Crippen LogP contribution in [0.15, 0.2) is 12.1 Å². The van der Waals surface area contributed by atoms with Gasteiger partial charge >= 0.3 is 0 Å². The number of nitrogens with one attached hydrogen (secondary N) is 1. The Hall–Kier alpha value is -1.49. The molecule has 0 aromatic carbocycles. The van der Waals surface area contributed by atoms with Gasteiger partial charge in [-0.05, 0) is 13.0 Å². The maximum atomic E-state index is 5.74. The first-order valence-corrected chi connectivity index (χ1v) is 4.90. The number of rotatable bonds is 6. The first-order chi connectivity index (χ1) is 7.27. The summed E-state index contributed by atoms with van der Waals surface area (Å²) >= 11 is 0. The molecular weight excluding hydrogens is 194 g/mol. The molecule has 1 rings (SSSR count). The fraction of sp³-hybridized carbons (Fsp3) is 0.500. The second-order valence-electron chi connectivity index (χ2n) is 2.92. The Labute approximate surface area is 89.6 Å². The molecule has 0 fully saturated rings. The number of hydrogen-bond acceptors (Lipinski definition) is 5. The molecule has 5 heteroatoms. The Morgan fingerprint density at radius 2 is 2.27 bits per heavy atom. The van der Waals surface area contributed by atoms with Crippen LogP contribution in [0.25, 0.3) is 0 Å². The summed E-state index contributed by atoms with van der Waals surface area (Å²) < 4.78 is 10.2. The van der Waals surface area contributed by atoms with Gasteiger partial charge in [-0.3, -0.25) is 0 Å². The van der Waals surface area contributed by atoms with E-state index < -0.39 is 0 Å². The number of methoxy groups -OCH3 is 1. The smallest absolute Gasteiger partial charge is 0.215 e. The first-order valence-electron chi connectivity index (χ1n) is 4.90. The predicted molar refractivity (Wildman–Crippen MR) is 60.2 cm³/mol. The molecule has 1 heterocycles. The molecule has 0 saturated heterocycles. The highest BCUT2D eigenvalue weighted by Gasteiger charge is 2.01. The van der Waals surface area contributed by atoms with Gasteiger partial charge in [0.05, 0.1) is 19.4 Å². The van der Waals surface area contributed by atoms with Crippen LogP contribution in [0, 0.1) is 0 Å². The van der Waals surface area contributed by atoms with Crippen molar-refractivity contribution in [1.82, 2.24) is 4.98 Å². The van der Waals surface area contributed by atoms with Crippen LogP contribution in [0.2, 0.25) is 0 Å². The molecule has 0 aliphatic heterocycles. The van der Waals surface area contributed by atoms with Crippen molar-refractivity contribution in [2.45, 2.75) is 6.92 Å². The van der Waals surface area contributed by atoms with Crippen LogP contribution in [-0.4, -0.2) is 31.9 Å². The second-order valence-corrected chi connectivity index (χ2v) is 2.92. The third kappa shape index (κ3) is 3.63. The molecule has 0 amide bonds. The van der Waals surface area contributed by atoms with Crippen LogP contribution in [-0.2, 0) is 4.74 Å². The summed E-state index contributed by atoms with van der Waals surface area (Å²) in [5, 5.41) is 3.08. The highest BCUT2D eigenvalue weighted by atomic mass is 16.5. The lowest BCUT2D eigenvalue weighted by Gasteiger charge is -2.09. The van der Waals surface area contributed by atoms with Crippen molar-refractivity contribution in [3.8, 4) is 5.88 Å². The van der Waals surface area contributed by atoms with E-state index in [4.69, 9.17) is 15.2 Å². The van der Waals surface area contributed by atoms with Crippen LogP contribution in [0.4, 0.5) is 11.5 Å². The zero-order valence-corrected chi connectivity index (χ0v) is 9.12. The summed E-state index contributed by atoms with van der Waals surface area (Å²) in [5.74, 6) is 1.18. The zero-order valence-electron chi connectivity index (χ0n) is 9.12. The number of nitrogens with zero attached hydrogens (tertiary/aromatic N) is 1. The van der Waals surface area contributed by atoms with Gasteiger partial charge in [-0.15, -0.1) is 0 Å². The van der Waals surface area contributed by atoms with Crippen LogP contribution < -0.4 is 15.8 Å². The minimum absolute atomic E-state index is 0.545. The molecular formula is C10H17N3O2. The molecule has 0 bridgehead atoms. The lowest BCUT2D eigenvalue weighted by atomic mass is 10.4. The van der Waals surface area contributed by atoms with Crippen molar-refractivity contribution < 1.29 is 9.47 Å². The average molecular weight is 211 g/mol. The Morgan fingerprint density at radius 3 is 2.93 bits per heavy atom. The van der Waals surface area contributed by atoms with Crippen LogP contribution in [0.1, 0.15) is 6.92 Å². The number of ether oxygens (including phenoxy) is 2. The third-order valence-electron chi connectivity index (χ3n) is 1.85. The van der Waals surface area contributed by atoms with Crippen molar-refractivity contribution in [3.05, 3.63) is 12.1 Å². The summed E-state index contributed by atoms with van der Waals surface area (Å²) in [6.45, 7) is 3.98. The van der Waals surface area contributed by atoms with Gasteiger partial charge in [0.1, 0.15) is 0 Å². The van der Waals surface area contributed by atoms with Crippen molar-refractivity contribution >= 4 is 11.5 Å². The van der Waals surface area contributed by atoms with E-state index in [9.17, 15) is 0 Å². The molecule has 0 aliphatic rings. The van der Waals surface area contributed by atoms with Gasteiger partial charge in [0.15, 0.2) is 5.82 Å². The maximum absolute atomic E-state index is 5.74. The topological polar surface area (TPSA) is 69.4 Å². The molecule has 1 aromatic heterocycles. The van der Waals surface area contributed by atoms with Gasteiger partial charge in [0.2, 0.25) is 5.88 Å². The molecule has 3 N–H and O–H groups in total. The Kier molecular flexibility index (Phi) is 4.70. The quantitative estimate of drug-likeness (QED) is 0.690. The molecule has 0 aliphatic carbocycles. The summed E-state index contributed by atoms with van der Waals surface area (Å²) in [6, 6.07) is 3.48. The Bertz CT molecular complexity index is 305. The molecule has 0 unspecified atom stereocenters. The van der Waals surface area contributed by atoms with Crippen molar-refractivity contribution in [1.29, 1.82) is 0 Å². The minimum Gasteiger partial charge on any atom is -0.481 e. The van der Waals surface area contributed by atoms with Crippen LogP contribution in [0.3, 0.4) is 0 Å². The lowest BCUT2D eigenvalue weighted by Crippen LogP contribution is -2.11. The van der Waals surface area contributed by atoms with Crippen LogP contribution >= 0.6 is 0 Å². The molecule has 0 atom stereocenters. The van der Waals surface area contributed by atoms with Gasteiger partial charge < -0.3 is 20.5 Å². The fourth-order valence-corrected chi connectivity index (χ4v) is 1.09. The largest absolute Gasteiger partial charge is 0.481 e. The SMILES string of the molecule is CCOCCNc1nc(OC)ccc1N. The number of hydrogen-bond donors (Lipinski definition) is 2. The predicted octanol–water partition coefficient (Wildman–Crippen LogP) is 1.12. The van der Waals surface area contributed by atoms with Crippen LogP contribution in [0.5, 0.6) is 5.88 Å². The van der Waals surface area contributed by atoms with Crippen molar-refractivity contribution in [2.24, 2.45) is 0 Å². The number of anilines is 2. The van der Waals surface area contributed by atoms with E-state index >= 15 is 0 Å². The summed E-state index contributed by atoms with van der Waals surface area (Å²) in [7, 11) is 1.57. The van der Waals surface area contributed by atoms with Gasteiger partial charge in [0.25, 0.3) is 0 Å². The number of nitrogen functional groups attached to an aromatic ring is 1. The Balaban J connectivity index is 2.51. The van der Waals surface area contributed by atoms with E-state index in [1.807, 2.05) is 6.92 Å². The molecule has 0 spiro atoms. The van der Waals surface area contributed by atoms with Gasteiger partial charge in [-0.25, -0.2) is 0 Å². The molecule has 0 saturated carbocycles. The van der Waals surface area contributed by atoms with E-state index in [0.29, 0.717) is 37.1 Å². The normalized spacial score (nSPS) is 10.0. The van der Waals surface area contributed by atoms with Gasteiger partial charge in [0, 0.05) is 19.2 Å².